The molecule has 19 heavy (non-hydrogen) atoms. The van der Waals surface area contributed by atoms with Crippen LogP contribution in [-0.2, 0) is 6.54 Å². The Hall–Kier alpha value is -2.34. The number of nitrogens with two attached hydrogens (primary N) is 1. The topological polar surface area (TPSA) is 93.2 Å². The van der Waals surface area contributed by atoms with Gasteiger partial charge in [-0.2, -0.15) is 0 Å². The van der Waals surface area contributed by atoms with E-state index in [9.17, 15) is 4.79 Å². The molecule has 2 aromatic rings. The molecule has 6 heteroatoms. The predicted octanol–water partition coefficient (Wildman–Crippen LogP) is 2.02. The molecule has 1 heterocycles. The molecule has 100 valence electrons. The number of rotatable bonds is 4. The SMILES string of the molecule is CC(N)c1ccc(NC(=O)NCc2ccon2)cc1. The number of aromatic nitrogens is 1. The van der Waals surface area contributed by atoms with Crippen molar-refractivity contribution in [3.63, 3.8) is 0 Å². The molecule has 0 saturated carbocycles. The van der Waals surface area contributed by atoms with Crippen LogP contribution in [0.1, 0.15) is 24.2 Å². The van der Waals surface area contributed by atoms with Crippen molar-refractivity contribution in [1.29, 1.82) is 0 Å². The Morgan fingerprint density at radius 1 is 1.37 bits per heavy atom. The highest BCUT2D eigenvalue weighted by molar-refractivity contribution is 5.89. The fourth-order valence-corrected chi connectivity index (χ4v) is 1.54. The molecule has 0 bridgehead atoms. The van der Waals surface area contributed by atoms with Crippen molar-refractivity contribution < 1.29 is 9.32 Å². The van der Waals surface area contributed by atoms with Crippen molar-refractivity contribution >= 4 is 11.7 Å². The number of hydrogen-bond donors (Lipinski definition) is 3. The predicted molar refractivity (Wildman–Crippen MR) is 71.4 cm³/mol. The van der Waals surface area contributed by atoms with Gasteiger partial charge in [0.1, 0.15) is 12.0 Å². The molecule has 0 aliphatic carbocycles. The molecule has 0 aliphatic heterocycles. The number of nitrogens with one attached hydrogen (secondary N) is 2. The smallest absolute Gasteiger partial charge is 0.319 e. The van der Waals surface area contributed by atoms with Crippen LogP contribution in [0, 0.1) is 0 Å². The van der Waals surface area contributed by atoms with Gasteiger partial charge in [-0.05, 0) is 24.6 Å². The number of carbonyl (C=O) groups is 1. The monoisotopic (exact) mass is 260 g/mol. The molecule has 0 fully saturated rings. The summed E-state index contributed by atoms with van der Waals surface area (Å²) in [7, 11) is 0. The van der Waals surface area contributed by atoms with Crippen LogP contribution in [0.5, 0.6) is 0 Å². The summed E-state index contributed by atoms with van der Waals surface area (Å²) in [4.78, 5) is 11.6. The minimum absolute atomic E-state index is 0.0185. The molecule has 0 saturated heterocycles. The van der Waals surface area contributed by atoms with Crippen LogP contribution in [0.2, 0.25) is 0 Å². The minimum Gasteiger partial charge on any atom is -0.364 e. The second-order valence-electron chi connectivity index (χ2n) is 4.21. The Morgan fingerprint density at radius 2 is 2.11 bits per heavy atom. The number of benzene rings is 1. The average molecular weight is 260 g/mol. The van der Waals surface area contributed by atoms with Gasteiger partial charge in [-0.15, -0.1) is 0 Å². The number of carbonyl (C=O) groups excluding carboxylic acids is 1. The summed E-state index contributed by atoms with van der Waals surface area (Å²) >= 11 is 0. The highest BCUT2D eigenvalue weighted by Crippen LogP contribution is 2.13. The fraction of sp³-hybridized carbons (Fsp3) is 0.231. The second-order valence-corrected chi connectivity index (χ2v) is 4.21. The molecular formula is C13H16N4O2. The molecule has 2 rings (SSSR count). The van der Waals surface area contributed by atoms with Gasteiger partial charge >= 0.3 is 6.03 Å². The lowest BCUT2D eigenvalue weighted by Gasteiger charge is -2.09. The van der Waals surface area contributed by atoms with Gasteiger partial charge in [0, 0.05) is 17.8 Å². The van der Waals surface area contributed by atoms with E-state index in [1.165, 1.54) is 6.26 Å². The maximum atomic E-state index is 11.6. The normalized spacial score (nSPS) is 11.9. The van der Waals surface area contributed by atoms with Crippen LogP contribution in [0.3, 0.4) is 0 Å². The van der Waals surface area contributed by atoms with Crippen LogP contribution in [0.15, 0.2) is 41.1 Å². The fourth-order valence-electron chi connectivity index (χ4n) is 1.54. The van der Waals surface area contributed by atoms with Gasteiger partial charge in [0.05, 0.1) is 6.54 Å². The summed E-state index contributed by atoms with van der Waals surface area (Å²) < 4.78 is 4.67. The van der Waals surface area contributed by atoms with E-state index in [1.807, 2.05) is 31.2 Å². The van der Waals surface area contributed by atoms with E-state index >= 15 is 0 Å². The Bertz CT molecular complexity index is 520. The third kappa shape index (κ3) is 3.82. The summed E-state index contributed by atoms with van der Waals surface area (Å²) in [6, 6.07) is 8.78. The molecule has 4 N–H and O–H groups in total. The largest absolute Gasteiger partial charge is 0.364 e. The van der Waals surface area contributed by atoms with Gasteiger partial charge in [0.2, 0.25) is 0 Å². The second kappa shape index (κ2) is 6.01. The van der Waals surface area contributed by atoms with Crippen molar-refractivity contribution in [3.8, 4) is 0 Å². The van der Waals surface area contributed by atoms with Gasteiger partial charge in [-0.25, -0.2) is 4.79 Å². The number of nitrogens with zero attached hydrogens (tertiary/aromatic N) is 1. The van der Waals surface area contributed by atoms with Crippen molar-refractivity contribution in [3.05, 3.63) is 47.9 Å². The lowest BCUT2D eigenvalue weighted by atomic mass is 10.1. The summed E-state index contributed by atoms with van der Waals surface area (Å²) in [6.07, 6.45) is 1.46. The standard InChI is InChI=1S/C13H16N4O2/c1-9(14)10-2-4-11(5-3-10)16-13(18)15-8-12-6-7-19-17-12/h2-7,9H,8,14H2,1H3,(H2,15,16,18). The van der Waals surface area contributed by atoms with Crippen LogP contribution < -0.4 is 16.4 Å². The lowest BCUT2D eigenvalue weighted by molar-refractivity contribution is 0.251. The lowest BCUT2D eigenvalue weighted by Crippen LogP contribution is -2.28. The van der Waals surface area contributed by atoms with Crippen LogP contribution >= 0.6 is 0 Å². The first-order valence-electron chi connectivity index (χ1n) is 5.95. The van der Waals surface area contributed by atoms with Gasteiger partial charge in [0.25, 0.3) is 0 Å². The van der Waals surface area contributed by atoms with Gasteiger partial charge in [-0.1, -0.05) is 17.3 Å². The maximum absolute atomic E-state index is 11.6. The maximum Gasteiger partial charge on any atom is 0.319 e. The molecule has 1 aromatic heterocycles. The van der Waals surface area contributed by atoms with Crippen molar-refractivity contribution in [2.24, 2.45) is 5.73 Å². The zero-order valence-electron chi connectivity index (χ0n) is 10.6. The molecule has 1 aromatic carbocycles. The van der Waals surface area contributed by atoms with Crippen LogP contribution in [0.25, 0.3) is 0 Å². The van der Waals surface area contributed by atoms with Gasteiger partial charge in [-0.3, -0.25) is 0 Å². The van der Waals surface area contributed by atoms with E-state index in [-0.39, 0.29) is 12.1 Å². The average Bonchev–Trinajstić information content (AvgIpc) is 2.90. The molecule has 0 spiro atoms. The summed E-state index contributed by atoms with van der Waals surface area (Å²) in [6.45, 7) is 2.23. The first-order chi connectivity index (χ1) is 9.15. The highest BCUT2D eigenvalue weighted by atomic mass is 16.5. The van der Waals surface area contributed by atoms with Crippen LogP contribution in [-0.4, -0.2) is 11.2 Å². The van der Waals surface area contributed by atoms with Crippen LogP contribution in [0.4, 0.5) is 10.5 Å². The summed E-state index contributed by atoms with van der Waals surface area (Å²) in [5.41, 5.74) is 8.15. The first-order valence-corrected chi connectivity index (χ1v) is 5.95. The number of anilines is 1. The molecule has 0 aliphatic rings. The van der Waals surface area contributed by atoms with E-state index in [2.05, 4.69) is 20.3 Å². The molecule has 0 radical (unpaired) electrons. The Labute approximate surface area is 111 Å². The van der Waals surface area contributed by atoms with E-state index < -0.39 is 0 Å². The van der Waals surface area contributed by atoms with Gasteiger partial charge in [0.15, 0.2) is 0 Å². The zero-order chi connectivity index (χ0) is 13.7. The summed E-state index contributed by atoms with van der Waals surface area (Å²) in [5.74, 6) is 0. The third-order valence-corrected chi connectivity index (χ3v) is 2.62. The number of urea groups is 1. The molecule has 2 amide bonds. The molecule has 1 atom stereocenters. The van der Waals surface area contributed by atoms with Crippen molar-refractivity contribution in [1.82, 2.24) is 10.5 Å². The Kier molecular flexibility index (Phi) is 4.15. The summed E-state index contributed by atoms with van der Waals surface area (Å²) in [5, 5.41) is 9.09. The molecular weight excluding hydrogens is 244 g/mol. The minimum atomic E-state index is -0.295. The van der Waals surface area contributed by atoms with E-state index in [0.717, 1.165) is 5.56 Å². The van der Waals surface area contributed by atoms with E-state index in [4.69, 9.17) is 5.73 Å². The quantitative estimate of drug-likeness (QED) is 0.784. The van der Waals surface area contributed by atoms with E-state index in [1.54, 1.807) is 6.07 Å². The third-order valence-electron chi connectivity index (χ3n) is 2.62. The van der Waals surface area contributed by atoms with Crippen molar-refractivity contribution in [2.75, 3.05) is 5.32 Å². The first kappa shape index (κ1) is 13.1. The highest BCUT2D eigenvalue weighted by Gasteiger charge is 2.04. The molecule has 6 nitrogen and oxygen atoms in total. The number of amides is 2. The Balaban J connectivity index is 1.84. The van der Waals surface area contributed by atoms with E-state index in [0.29, 0.717) is 17.9 Å². The van der Waals surface area contributed by atoms with Gasteiger partial charge < -0.3 is 20.9 Å². The van der Waals surface area contributed by atoms with Crippen molar-refractivity contribution in [2.45, 2.75) is 19.5 Å². The number of hydrogen-bond acceptors (Lipinski definition) is 4. The Morgan fingerprint density at radius 3 is 2.68 bits per heavy atom. The zero-order valence-corrected chi connectivity index (χ0v) is 10.6. The molecule has 1 unspecified atom stereocenters.